The van der Waals surface area contributed by atoms with E-state index >= 15 is 4.39 Å². The highest BCUT2D eigenvalue weighted by Gasteiger charge is 2.27. The van der Waals surface area contributed by atoms with Crippen LogP contribution < -0.4 is 10.1 Å². The largest absolute Gasteiger partial charge is 0.478 e. The number of nitrogens with zero attached hydrogens (tertiary/aromatic N) is 2. The van der Waals surface area contributed by atoms with Crippen molar-refractivity contribution in [1.29, 1.82) is 0 Å². The zero-order valence-corrected chi connectivity index (χ0v) is 19.8. The van der Waals surface area contributed by atoms with Gasteiger partial charge in [-0.3, -0.25) is 9.78 Å². The van der Waals surface area contributed by atoms with Crippen LogP contribution in [0.2, 0.25) is 0 Å². The zero-order valence-electron chi connectivity index (χ0n) is 19.8. The molecule has 1 aliphatic carbocycles. The lowest BCUT2D eigenvalue weighted by molar-refractivity contribution is 0.0976. The molecule has 0 saturated heterocycles. The van der Waals surface area contributed by atoms with Crippen molar-refractivity contribution >= 4 is 28.1 Å². The number of ketones is 1. The van der Waals surface area contributed by atoms with Crippen molar-refractivity contribution in [1.82, 2.24) is 9.97 Å². The van der Waals surface area contributed by atoms with E-state index in [2.05, 4.69) is 22.2 Å². The van der Waals surface area contributed by atoms with Gasteiger partial charge in [-0.1, -0.05) is 31.5 Å². The Bertz CT molecular complexity index is 1340. The first-order chi connectivity index (χ1) is 17.1. The van der Waals surface area contributed by atoms with Gasteiger partial charge < -0.3 is 10.1 Å². The van der Waals surface area contributed by atoms with E-state index in [0.29, 0.717) is 58.1 Å². The highest BCUT2D eigenvalue weighted by molar-refractivity contribution is 6.09. The lowest BCUT2D eigenvalue weighted by Gasteiger charge is -2.16. The minimum Gasteiger partial charge on any atom is -0.478 e. The number of Topliss-reactive ketones (excluding diaryl/α,β-unsaturated/α-hetero) is 1. The van der Waals surface area contributed by atoms with Gasteiger partial charge in [0.25, 0.3) is 0 Å². The molecule has 2 aromatic heterocycles. The fourth-order valence-electron chi connectivity index (χ4n) is 4.09. The second-order valence-corrected chi connectivity index (χ2v) is 9.04. The zero-order chi connectivity index (χ0) is 24.2. The Labute approximate surface area is 204 Å². The summed E-state index contributed by atoms with van der Waals surface area (Å²) in [5, 5.41) is 4.10. The fraction of sp³-hybridized carbons (Fsp3) is 0.276. The molecule has 178 valence electrons. The van der Waals surface area contributed by atoms with Gasteiger partial charge in [0.05, 0.1) is 23.4 Å². The molecular weight excluding hydrogens is 441 g/mol. The molecule has 0 spiro atoms. The van der Waals surface area contributed by atoms with Gasteiger partial charge in [0.15, 0.2) is 5.78 Å². The second-order valence-electron chi connectivity index (χ2n) is 9.04. The van der Waals surface area contributed by atoms with Gasteiger partial charge in [-0.25, -0.2) is 9.37 Å². The number of halogens is 1. The quantitative estimate of drug-likeness (QED) is 0.194. The van der Waals surface area contributed by atoms with E-state index in [9.17, 15) is 4.79 Å². The minimum atomic E-state index is -0.394. The summed E-state index contributed by atoms with van der Waals surface area (Å²) in [6, 6.07) is 16.4. The molecule has 6 heteroatoms. The van der Waals surface area contributed by atoms with Crippen LogP contribution in [-0.4, -0.2) is 22.4 Å². The Balaban J connectivity index is 1.56. The maximum absolute atomic E-state index is 15.2. The number of hydrogen-bond donors (Lipinski definition) is 1. The first-order valence-electron chi connectivity index (χ1n) is 12.2. The average Bonchev–Trinajstić information content (AvgIpc) is 3.69. The van der Waals surface area contributed by atoms with Crippen LogP contribution in [0.3, 0.4) is 0 Å². The molecule has 1 fully saturated rings. The number of hydrogen-bond acceptors (Lipinski definition) is 5. The van der Waals surface area contributed by atoms with Gasteiger partial charge in [0.1, 0.15) is 5.82 Å². The summed E-state index contributed by atoms with van der Waals surface area (Å²) in [5.41, 5.74) is 3.55. The van der Waals surface area contributed by atoms with Crippen LogP contribution in [0.25, 0.3) is 22.0 Å². The third-order valence-corrected chi connectivity index (χ3v) is 6.27. The third-order valence-electron chi connectivity index (χ3n) is 6.27. The third kappa shape index (κ3) is 5.32. The molecule has 2 heterocycles. The van der Waals surface area contributed by atoms with Gasteiger partial charge in [-0.05, 0) is 49.4 Å². The number of anilines is 2. The van der Waals surface area contributed by atoms with Crippen LogP contribution >= 0.6 is 0 Å². The van der Waals surface area contributed by atoms with Crippen molar-refractivity contribution in [3.63, 3.8) is 0 Å². The molecule has 0 unspecified atom stereocenters. The van der Waals surface area contributed by atoms with Crippen LogP contribution in [0.5, 0.6) is 5.88 Å². The Hall–Kier alpha value is -3.80. The number of pyridine rings is 2. The number of carbonyl (C=O) groups is 1. The van der Waals surface area contributed by atoms with Crippen molar-refractivity contribution < 1.29 is 13.9 Å². The number of unbranched alkanes of at least 4 members (excludes halogenated alkanes) is 1. The molecular formula is C29H28FN3O2. The summed E-state index contributed by atoms with van der Waals surface area (Å²) >= 11 is 0. The number of carbonyl (C=O) groups excluding carboxylic acids is 1. The Morgan fingerprint density at radius 2 is 1.91 bits per heavy atom. The molecule has 4 aromatic rings. The van der Waals surface area contributed by atoms with E-state index in [4.69, 9.17) is 4.74 Å². The molecule has 0 atom stereocenters. The van der Waals surface area contributed by atoms with E-state index in [1.807, 2.05) is 30.3 Å². The van der Waals surface area contributed by atoms with Crippen molar-refractivity contribution in [2.24, 2.45) is 5.92 Å². The molecule has 1 N–H and O–H groups in total. The summed E-state index contributed by atoms with van der Waals surface area (Å²) in [6.07, 6.45) is 7.87. The van der Waals surface area contributed by atoms with Gasteiger partial charge in [-0.15, -0.1) is 0 Å². The van der Waals surface area contributed by atoms with E-state index in [1.54, 1.807) is 30.6 Å². The van der Waals surface area contributed by atoms with Crippen LogP contribution in [0.4, 0.5) is 15.8 Å². The molecule has 0 bridgehead atoms. The molecule has 1 aliphatic rings. The molecule has 5 nitrogen and oxygen atoms in total. The topological polar surface area (TPSA) is 64.1 Å². The van der Waals surface area contributed by atoms with Crippen LogP contribution in [-0.2, 0) is 0 Å². The molecule has 2 aromatic carbocycles. The van der Waals surface area contributed by atoms with Crippen LogP contribution in [0, 0.1) is 11.7 Å². The lowest BCUT2D eigenvalue weighted by atomic mass is 9.98. The number of para-hydroxylation sites is 1. The number of fused-ring (bicyclic) bond motifs is 1. The maximum Gasteiger partial charge on any atom is 0.213 e. The molecule has 0 amide bonds. The first-order valence-corrected chi connectivity index (χ1v) is 12.2. The summed E-state index contributed by atoms with van der Waals surface area (Å²) in [7, 11) is 0. The number of rotatable bonds is 10. The highest BCUT2D eigenvalue weighted by atomic mass is 19.1. The number of nitrogens with one attached hydrogen (secondary N) is 1. The predicted molar refractivity (Wildman–Crippen MR) is 137 cm³/mol. The van der Waals surface area contributed by atoms with E-state index in [1.165, 1.54) is 6.07 Å². The van der Waals surface area contributed by atoms with E-state index in [0.717, 1.165) is 31.4 Å². The summed E-state index contributed by atoms with van der Waals surface area (Å²) in [6.45, 7) is 2.70. The highest BCUT2D eigenvalue weighted by Crippen LogP contribution is 2.38. The van der Waals surface area contributed by atoms with Gasteiger partial charge >= 0.3 is 0 Å². The molecule has 0 aliphatic heterocycles. The molecule has 35 heavy (non-hydrogen) atoms. The van der Waals surface area contributed by atoms with Crippen LogP contribution in [0.15, 0.2) is 67.0 Å². The van der Waals surface area contributed by atoms with Gasteiger partial charge in [0.2, 0.25) is 5.88 Å². The second kappa shape index (κ2) is 10.2. The SMILES string of the molecule is CCCCOc1ccc(-c2cc3c(Nc4ccccc4)c(C(=O)CC4CC4)cnc3cc2F)cn1. The van der Waals surface area contributed by atoms with Crippen molar-refractivity contribution in [2.75, 3.05) is 11.9 Å². The standard InChI is InChI=1S/C29H28FN3O2/c1-2-3-13-35-28-12-11-20(17-32-28)22-15-23-26(16-25(22)30)31-18-24(27(34)14-19-9-10-19)29(23)33-21-7-5-4-6-8-21/h4-8,11-12,15-19H,2-3,9-10,13-14H2,1H3,(H,31,33). The van der Waals surface area contributed by atoms with Gasteiger partial charge in [0, 0.05) is 53.1 Å². The monoisotopic (exact) mass is 469 g/mol. The maximum atomic E-state index is 15.2. The van der Waals surface area contributed by atoms with E-state index in [-0.39, 0.29) is 5.78 Å². The number of benzene rings is 2. The summed E-state index contributed by atoms with van der Waals surface area (Å²) < 4.78 is 20.8. The smallest absolute Gasteiger partial charge is 0.213 e. The predicted octanol–water partition coefficient (Wildman–Crippen LogP) is 7.34. The molecule has 0 radical (unpaired) electrons. The number of aromatic nitrogens is 2. The fourth-order valence-corrected chi connectivity index (χ4v) is 4.09. The Morgan fingerprint density at radius 3 is 2.63 bits per heavy atom. The summed E-state index contributed by atoms with van der Waals surface area (Å²) in [4.78, 5) is 21.9. The van der Waals surface area contributed by atoms with Crippen molar-refractivity contribution in [3.05, 3.63) is 78.4 Å². The molecule has 5 rings (SSSR count). The van der Waals surface area contributed by atoms with Crippen molar-refractivity contribution in [2.45, 2.75) is 39.0 Å². The minimum absolute atomic E-state index is 0.0569. The average molecular weight is 470 g/mol. The van der Waals surface area contributed by atoms with Crippen molar-refractivity contribution in [3.8, 4) is 17.0 Å². The first kappa shape index (κ1) is 23.0. The molecule has 1 saturated carbocycles. The van der Waals surface area contributed by atoms with Crippen LogP contribution in [0.1, 0.15) is 49.4 Å². The Kier molecular flexibility index (Phi) is 6.70. The lowest BCUT2D eigenvalue weighted by Crippen LogP contribution is -2.07. The number of ether oxygens (including phenoxy) is 1. The van der Waals surface area contributed by atoms with Gasteiger partial charge in [-0.2, -0.15) is 0 Å². The van der Waals surface area contributed by atoms with E-state index < -0.39 is 5.82 Å². The Morgan fingerprint density at radius 1 is 1.09 bits per heavy atom. The normalized spacial score (nSPS) is 13.1. The summed E-state index contributed by atoms with van der Waals surface area (Å²) in [5.74, 6) is 0.635.